The van der Waals surface area contributed by atoms with Crippen LogP contribution in [0.25, 0.3) is 0 Å². The van der Waals surface area contributed by atoms with E-state index in [9.17, 15) is 9.50 Å². The van der Waals surface area contributed by atoms with E-state index in [1.165, 1.54) is 6.07 Å². The topological polar surface area (TPSA) is 45.2 Å². The number of halogens is 1. The second-order valence-corrected chi connectivity index (χ2v) is 6.38. The number of aliphatic hydroxyl groups excluding tert-OH is 1. The van der Waals surface area contributed by atoms with Crippen molar-refractivity contribution in [2.45, 2.75) is 6.10 Å². The Morgan fingerprint density at radius 1 is 1.00 bits per heavy atom. The summed E-state index contributed by atoms with van der Waals surface area (Å²) in [4.78, 5) is 4.23. The van der Waals surface area contributed by atoms with Crippen LogP contribution in [0.15, 0.2) is 48.5 Å². The van der Waals surface area contributed by atoms with Crippen molar-refractivity contribution in [3.05, 3.63) is 54.3 Å². The lowest BCUT2D eigenvalue weighted by Crippen LogP contribution is -2.49. The first-order valence-corrected chi connectivity index (χ1v) is 8.82. The maximum Gasteiger partial charge on any atom is 0.146 e. The predicted molar refractivity (Wildman–Crippen MR) is 99.5 cm³/mol. The van der Waals surface area contributed by atoms with Gasteiger partial charge in [-0.1, -0.05) is 12.1 Å². The maximum atomic E-state index is 13.9. The zero-order valence-electron chi connectivity index (χ0n) is 15.0. The van der Waals surface area contributed by atoms with E-state index < -0.39 is 6.10 Å². The van der Waals surface area contributed by atoms with Crippen LogP contribution >= 0.6 is 0 Å². The molecule has 140 valence electrons. The van der Waals surface area contributed by atoms with Gasteiger partial charge in [-0.25, -0.2) is 4.39 Å². The van der Waals surface area contributed by atoms with E-state index in [0.29, 0.717) is 18.0 Å². The third-order valence-electron chi connectivity index (χ3n) is 4.54. The van der Waals surface area contributed by atoms with Crippen LogP contribution in [0.4, 0.5) is 10.1 Å². The molecule has 1 saturated heterocycles. The Balaban J connectivity index is 1.41. The van der Waals surface area contributed by atoms with Crippen LogP contribution in [0.3, 0.4) is 0 Å². The molecule has 0 radical (unpaired) electrons. The molecule has 1 aliphatic heterocycles. The van der Waals surface area contributed by atoms with Crippen molar-refractivity contribution in [2.24, 2.45) is 0 Å². The van der Waals surface area contributed by atoms with Crippen LogP contribution in [0.1, 0.15) is 0 Å². The van der Waals surface area contributed by atoms with E-state index in [0.717, 1.165) is 31.9 Å². The fraction of sp³-hybridized carbons (Fsp3) is 0.400. The summed E-state index contributed by atoms with van der Waals surface area (Å²) in [5.41, 5.74) is 0.649. The number of hydrogen-bond acceptors (Lipinski definition) is 5. The van der Waals surface area contributed by atoms with Gasteiger partial charge in [0.05, 0.1) is 12.8 Å². The smallest absolute Gasteiger partial charge is 0.146 e. The number of aliphatic hydroxyl groups is 1. The lowest BCUT2D eigenvalue weighted by Gasteiger charge is -2.36. The molecule has 0 bridgehead atoms. The number of ether oxygens (including phenoxy) is 2. The highest BCUT2D eigenvalue weighted by molar-refractivity contribution is 5.48. The number of methoxy groups -OCH3 is 1. The van der Waals surface area contributed by atoms with Crippen LogP contribution in [-0.2, 0) is 0 Å². The normalized spacial score (nSPS) is 16.3. The Morgan fingerprint density at radius 3 is 2.31 bits per heavy atom. The van der Waals surface area contributed by atoms with E-state index in [2.05, 4.69) is 4.90 Å². The molecule has 0 aliphatic carbocycles. The highest BCUT2D eigenvalue weighted by atomic mass is 19.1. The van der Waals surface area contributed by atoms with Gasteiger partial charge in [-0.05, 0) is 36.4 Å². The molecule has 5 nitrogen and oxygen atoms in total. The average molecular weight is 360 g/mol. The Bertz CT molecular complexity index is 688. The van der Waals surface area contributed by atoms with Gasteiger partial charge in [0.2, 0.25) is 0 Å². The summed E-state index contributed by atoms with van der Waals surface area (Å²) in [6, 6.07) is 14.1. The van der Waals surface area contributed by atoms with Crippen LogP contribution in [0, 0.1) is 5.82 Å². The Morgan fingerprint density at radius 2 is 1.65 bits per heavy atom. The summed E-state index contributed by atoms with van der Waals surface area (Å²) in [5, 5.41) is 10.2. The van der Waals surface area contributed by atoms with Gasteiger partial charge in [-0.15, -0.1) is 0 Å². The molecule has 1 atom stereocenters. The van der Waals surface area contributed by atoms with E-state index >= 15 is 0 Å². The second kappa shape index (κ2) is 8.87. The minimum absolute atomic E-state index is 0.186. The molecular formula is C20H25FN2O3. The van der Waals surface area contributed by atoms with Crippen molar-refractivity contribution in [1.29, 1.82) is 0 Å². The molecule has 1 N–H and O–H groups in total. The first kappa shape index (κ1) is 18.5. The molecule has 6 heteroatoms. The molecule has 0 unspecified atom stereocenters. The van der Waals surface area contributed by atoms with Gasteiger partial charge in [0.25, 0.3) is 0 Å². The van der Waals surface area contributed by atoms with E-state index in [4.69, 9.17) is 9.47 Å². The van der Waals surface area contributed by atoms with Crippen molar-refractivity contribution < 1.29 is 19.0 Å². The third kappa shape index (κ3) is 4.86. The molecule has 0 saturated carbocycles. The van der Waals surface area contributed by atoms with Gasteiger partial charge in [-0.3, -0.25) is 4.90 Å². The van der Waals surface area contributed by atoms with Gasteiger partial charge in [0, 0.05) is 32.7 Å². The molecule has 2 aromatic carbocycles. The van der Waals surface area contributed by atoms with Crippen LogP contribution < -0.4 is 14.4 Å². The number of rotatable bonds is 7. The molecule has 26 heavy (non-hydrogen) atoms. The van der Waals surface area contributed by atoms with Gasteiger partial charge < -0.3 is 19.5 Å². The zero-order valence-corrected chi connectivity index (χ0v) is 15.0. The Labute approximate surface area is 153 Å². The summed E-state index contributed by atoms with van der Waals surface area (Å²) >= 11 is 0. The summed E-state index contributed by atoms with van der Waals surface area (Å²) in [7, 11) is 1.62. The van der Waals surface area contributed by atoms with Gasteiger partial charge in [0.15, 0.2) is 0 Å². The first-order valence-electron chi connectivity index (χ1n) is 8.82. The summed E-state index contributed by atoms with van der Waals surface area (Å²) < 4.78 is 24.6. The van der Waals surface area contributed by atoms with Crippen molar-refractivity contribution in [1.82, 2.24) is 4.90 Å². The van der Waals surface area contributed by atoms with Crippen LogP contribution in [0.2, 0.25) is 0 Å². The highest BCUT2D eigenvalue weighted by Crippen LogP contribution is 2.20. The number of piperazine rings is 1. The van der Waals surface area contributed by atoms with E-state index in [1.54, 1.807) is 13.2 Å². The maximum absolute atomic E-state index is 13.9. The van der Waals surface area contributed by atoms with E-state index in [1.807, 2.05) is 41.3 Å². The molecule has 2 aromatic rings. The van der Waals surface area contributed by atoms with E-state index in [-0.39, 0.29) is 12.4 Å². The summed E-state index contributed by atoms with van der Waals surface area (Å²) in [5.74, 6) is 1.29. The van der Waals surface area contributed by atoms with Gasteiger partial charge in [-0.2, -0.15) is 0 Å². The largest absolute Gasteiger partial charge is 0.497 e. The van der Waals surface area contributed by atoms with Gasteiger partial charge in [0.1, 0.15) is 30.0 Å². The monoisotopic (exact) mass is 360 g/mol. The van der Waals surface area contributed by atoms with Gasteiger partial charge >= 0.3 is 0 Å². The van der Waals surface area contributed by atoms with Crippen LogP contribution in [0.5, 0.6) is 11.5 Å². The highest BCUT2D eigenvalue weighted by Gasteiger charge is 2.21. The molecular weight excluding hydrogens is 335 g/mol. The number of β-amino-alcohol motifs (C(OH)–C–C–N with tert-alkyl or cyclic N) is 1. The lowest BCUT2D eigenvalue weighted by molar-refractivity contribution is 0.0662. The SMILES string of the molecule is COc1ccc(OC[C@@H](O)CN2CCN(c3ccccc3F)CC2)cc1. The minimum Gasteiger partial charge on any atom is -0.497 e. The molecule has 1 aliphatic rings. The molecule has 0 aromatic heterocycles. The fourth-order valence-corrected chi connectivity index (χ4v) is 3.09. The summed E-state index contributed by atoms with van der Waals surface area (Å²) in [6.07, 6.45) is -0.572. The first-order chi connectivity index (χ1) is 12.7. The molecule has 1 fully saturated rings. The number of nitrogens with zero attached hydrogens (tertiary/aromatic N) is 2. The molecule has 0 amide bonds. The van der Waals surface area contributed by atoms with Crippen molar-refractivity contribution >= 4 is 5.69 Å². The van der Waals surface area contributed by atoms with Crippen molar-refractivity contribution in [3.63, 3.8) is 0 Å². The predicted octanol–water partition coefficient (Wildman–Crippen LogP) is 2.40. The fourth-order valence-electron chi connectivity index (χ4n) is 3.09. The molecule has 0 spiro atoms. The molecule has 3 rings (SSSR count). The van der Waals surface area contributed by atoms with Crippen molar-refractivity contribution in [2.75, 3.05) is 51.3 Å². The number of benzene rings is 2. The third-order valence-corrected chi connectivity index (χ3v) is 4.54. The quantitative estimate of drug-likeness (QED) is 0.822. The minimum atomic E-state index is -0.572. The Hall–Kier alpha value is -2.31. The average Bonchev–Trinajstić information content (AvgIpc) is 2.68. The Kier molecular flexibility index (Phi) is 6.30. The molecule has 1 heterocycles. The summed E-state index contributed by atoms with van der Waals surface area (Å²) in [6.45, 7) is 3.84. The standard InChI is InChI=1S/C20H25FN2O3/c1-25-17-6-8-18(9-7-17)26-15-16(24)14-22-10-12-23(13-11-22)20-5-3-2-4-19(20)21/h2-9,16,24H,10-15H2,1H3/t16-/m0/s1. The second-order valence-electron chi connectivity index (χ2n) is 6.38. The zero-order chi connectivity index (χ0) is 18.4. The number of hydrogen-bond donors (Lipinski definition) is 1. The number of para-hydroxylation sites is 1. The number of anilines is 1. The van der Waals surface area contributed by atoms with Crippen LogP contribution in [-0.4, -0.2) is 62.6 Å². The lowest BCUT2D eigenvalue weighted by atomic mass is 10.2. The van der Waals surface area contributed by atoms with Crippen molar-refractivity contribution in [3.8, 4) is 11.5 Å².